The monoisotopic (exact) mass is 459 g/mol. The number of tetrazole rings is 1. The van der Waals surface area contributed by atoms with Crippen LogP contribution in [0.2, 0.25) is 0 Å². The fourth-order valence-corrected chi connectivity index (χ4v) is 4.46. The molecule has 1 aliphatic carbocycles. The molecule has 4 aromatic rings. The van der Waals surface area contributed by atoms with E-state index in [9.17, 15) is 4.79 Å². The lowest BCUT2D eigenvalue weighted by Gasteiger charge is -2.18. The lowest BCUT2D eigenvalue weighted by atomic mass is 9.88. The van der Waals surface area contributed by atoms with Gasteiger partial charge >= 0.3 is 0 Å². The molecule has 0 amide bonds. The van der Waals surface area contributed by atoms with Crippen LogP contribution in [0.3, 0.4) is 0 Å². The summed E-state index contributed by atoms with van der Waals surface area (Å²) >= 11 is 0. The number of unbranched alkanes of at least 4 members (excludes halogenated alkanes) is 1. The fourth-order valence-electron chi connectivity index (χ4n) is 4.46. The lowest BCUT2D eigenvalue weighted by Crippen LogP contribution is -2.13. The van der Waals surface area contributed by atoms with Gasteiger partial charge in [-0.3, -0.25) is 4.79 Å². The molecule has 2 N–H and O–H groups in total. The van der Waals surface area contributed by atoms with E-state index in [1.165, 1.54) is 23.6 Å². The van der Waals surface area contributed by atoms with Crippen LogP contribution in [0.15, 0.2) is 47.3 Å². The molecule has 0 bridgehead atoms. The second-order valence-electron chi connectivity index (χ2n) is 8.57. The summed E-state index contributed by atoms with van der Waals surface area (Å²) in [5, 5.41) is 14.1. The predicted molar refractivity (Wildman–Crippen MR) is 128 cm³/mol. The van der Waals surface area contributed by atoms with Crippen LogP contribution in [0, 0.1) is 5.82 Å². The van der Waals surface area contributed by atoms with Crippen LogP contribution in [0.4, 0.5) is 4.39 Å². The molecule has 0 saturated heterocycles. The summed E-state index contributed by atoms with van der Waals surface area (Å²) in [4.78, 5) is 16.0. The molecule has 2 aromatic heterocycles. The zero-order chi connectivity index (χ0) is 23.5. The van der Waals surface area contributed by atoms with Crippen molar-refractivity contribution in [3.05, 3.63) is 69.8 Å². The van der Waals surface area contributed by atoms with Crippen LogP contribution in [0.25, 0.3) is 33.8 Å². The molecule has 0 radical (unpaired) electrons. The molecule has 0 fully saturated rings. The first-order chi connectivity index (χ1) is 16.6. The summed E-state index contributed by atoms with van der Waals surface area (Å²) in [6.07, 6.45) is 6.30. The highest BCUT2D eigenvalue weighted by Gasteiger charge is 2.20. The molecule has 1 aliphatic rings. The van der Waals surface area contributed by atoms with Crippen LogP contribution in [-0.4, -0.2) is 32.2 Å². The molecule has 5 rings (SSSR count). The number of ether oxygens (including phenoxy) is 1. The quantitative estimate of drug-likeness (QED) is 0.376. The van der Waals surface area contributed by atoms with E-state index in [1.807, 2.05) is 6.07 Å². The molecule has 8 heteroatoms. The Bertz CT molecular complexity index is 1360. The highest BCUT2D eigenvalue weighted by Crippen LogP contribution is 2.34. The first-order valence-corrected chi connectivity index (χ1v) is 11.7. The van der Waals surface area contributed by atoms with Crippen LogP contribution in [0.1, 0.15) is 43.7 Å². The fraction of sp³-hybridized carbons (Fsp3) is 0.308. The van der Waals surface area contributed by atoms with Crippen molar-refractivity contribution in [2.45, 2.75) is 45.4 Å². The van der Waals surface area contributed by atoms with Gasteiger partial charge in [0.1, 0.15) is 11.6 Å². The number of nitrogens with one attached hydrogen (secondary N) is 2. The number of aromatic nitrogens is 5. The maximum Gasteiger partial charge on any atom is 0.260 e. The highest BCUT2D eigenvalue weighted by atomic mass is 19.1. The zero-order valence-electron chi connectivity index (χ0n) is 19.0. The number of nitrogens with zero attached hydrogens (tertiary/aromatic N) is 3. The Morgan fingerprint density at radius 3 is 2.65 bits per heavy atom. The van der Waals surface area contributed by atoms with Gasteiger partial charge in [0, 0.05) is 17.2 Å². The van der Waals surface area contributed by atoms with E-state index in [2.05, 4.69) is 44.7 Å². The maximum atomic E-state index is 15.1. The van der Waals surface area contributed by atoms with Crippen molar-refractivity contribution >= 4 is 0 Å². The highest BCUT2D eigenvalue weighted by molar-refractivity contribution is 5.83. The molecule has 0 atom stereocenters. The number of benzene rings is 2. The van der Waals surface area contributed by atoms with Gasteiger partial charge in [-0.1, -0.05) is 31.5 Å². The first-order valence-electron chi connectivity index (χ1n) is 11.7. The third kappa shape index (κ3) is 4.35. The van der Waals surface area contributed by atoms with Gasteiger partial charge in [-0.05, 0) is 72.2 Å². The number of aromatic amines is 2. The van der Waals surface area contributed by atoms with Crippen LogP contribution in [0.5, 0.6) is 5.75 Å². The molecule has 0 aliphatic heterocycles. The number of halogens is 1. The van der Waals surface area contributed by atoms with Gasteiger partial charge < -0.3 is 9.72 Å². The van der Waals surface area contributed by atoms with E-state index in [0.717, 1.165) is 37.7 Å². The number of hydrogen-bond acceptors (Lipinski definition) is 5. The molecule has 2 aromatic carbocycles. The Hall–Kier alpha value is -3.81. The van der Waals surface area contributed by atoms with Gasteiger partial charge in [-0.2, -0.15) is 5.21 Å². The number of H-pyrrole nitrogens is 2. The van der Waals surface area contributed by atoms with Gasteiger partial charge in [0.2, 0.25) is 5.82 Å². The van der Waals surface area contributed by atoms with Gasteiger partial charge in [-0.15, -0.1) is 10.2 Å². The van der Waals surface area contributed by atoms with Gasteiger partial charge in [0.15, 0.2) is 0 Å². The summed E-state index contributed by atoms with van der Waals surface area (Å²) < 4.78 is 20.7. The van der Waals surface area contributed by atoms with E-state index in [0.29, 0.717) is 34.7 Å². The largest absolute Gasteiger partial charge is 0.493 e. The first kappa shape index (κ1) is 22.0. The van der Waals surface area contributed by atoms with Gasteiger partial charge in [-0.25, -0.2) is 4.39 Å². The number of rotatable bonds is 7. The molecule has 0 unspecified atom stereocenters. The number of aryl methyl sites for hydroxylation is 2. The average molecular weight is 460 g/mol. The third-order valence-corrected chi connectivity index (χ3v) is 6.26. The second kappa shape index (κ2) is 9.59. The van der Waals surface area contributed by atoms with Crippen LogP contribution < -0.4 is 10.3 Å². The molecule has 2 heterocycles. The van der Waals surface area contributed by atoms with E-state index < -0.39 is 11.4 Å². The number of fused-ring (bicyclic) bond motifs is 1. The molecular formula is C26H26FN5O2. The van der Waals surface area contributed by atoms with Crippen molar-refractivity contribution in [2.75, 3.05) is 6.61 Å². The zero-order valence-corrected chi connectivity index (χ0v) is 19.0. The molecular weight excluding hydrogens is 433 g/mol. The number of hydrogen-bond donors (Lipinski definition) is 2. The van der Waals surface area contributed by atoms with E-state index in [4.69, 9.17) is 4.74 Å². The minimum absolute atomic E-state index is 0.195. The van der Waals surface area contributed by atoms with Crippen molar-refractivity contribution in [2.24, 2.45) is 0 Å². The summed E-state index contributed by atoms with van der Waals surface area (Å²) in [6, 6.07) is 12.7. The van der Waals surface area contributed by atoms with Crippen molar-refractivity contribution in [1.29, 1.82) is 0 Å². The summed E-state index contributed by atoms with van der Waals surface area (Å²) in [6.45, 7) is 2.61. The average Bonchev–Trinajstić information content (AvgIpc) is 3.38. The molecule has 174 valence electrons. The Balaban J connectivity index is 1.61. The smallest absolute Gasteiger partial charge is 0.260 e. The molecule has 0 saturated carbocycles. The Labute approximate surface area is 196 Å². The van der Waals surface area contributed by atoms with Crippen molar-refractivity contribution in [1.82, 2.24) is 25.6 Å². The summed E-state index contributed by atoms with van der Waals surface area (Å²) in [5.41, 5.74) is 4.68. The summed E-state index contributed by atoms with van der Waals surface area (Å²) in [7, 11) is 0. The predicted octanol–water partition coefficient (Wildman–Crippen LogP) is 5.09. The van der Waals surface area contributed by atoms with Crippen molar-refractivity contribution in [3.8, 4) is 39.5 Å². The van der Waals surface area contributed by atoms with Crippen molar-refractivity contribution in [3.63, 3.8) is 0 Å². The summed E-state index contributed by atoms with van der Waals surface area (Å²) in [5.74, 6) is 0.199. The lowest BCUT2D eigenvalue weighted by molar-refractivity contribution is 0.308. The minimum Gasteiger partial charge on any atom is -0.493 e. The molecule has 34 heavy (non-hydrogen) atoms. The van der Waals surface area contributed by atoms with Crippen LogP contribution >= 0.6 is 0 Å². The van der Waals surface area contributed by atoms with E-state index in [-0.39, 0.29) is 5.82 Å². The standard InChI is InChI=1S/C26H26FN5O2/c1-2-3-12-34-19-10-11-20(22(27)14-19)23-15-21(24(26(33)28-23)25-29-31-32-30-25)18-9-8-16-6-4-5-7-17(16)13-18/h8-11,13-15H,2-7,12H2,1H3,(H,28,33)(H,29,30,31,32). The molecule has 0 spiro atoms. The number of pyridine rings is 1. The Morgan fingerprint density at radius 1 is 1.03 bits per heavy atom. The van der Waals surface area contributed by atoms with E-state index >= 15 is 4.39 Å². The molecule has 7 nitrogen and oxygen atoms in total. The Morgan fingerprint density at radius 2 is 1.88 bits per heavy atom. The van der Waals surface area contributed by atoms with Crippen molar-refractivity contribution < 1.29 is 9.13 Å². The minimum atomic E-state index is -0.464. The SMILES string of the molecule is CCCCOc1ccc(-c2cc(-c3ccc4c(c3)CCCC4)c(-c3nn[nH]n3)c(=O)[nH]2)c(F)c1. The van der Waals surface area contributed by atoms with Gasteiger partial charge in [0.25, 0.3) is 5.56 Å². The van der Waals surface area contributed by atoms with Crippen LogP contribution in [-0.2, 0) is 12.8 Å². The third-order valence-electron chi connectivity index (χ3n) is 6.26. The second-order valence-corrected chi connectivity index (χ2v) is 8.57. The maximum absolute atomic E-state index is 15.1. The topological polar surface area (TPSA) is 96.6 Å². The van der Waals surface area contributed by atoms with E-state index in [1.54, 1.807) is 18.2 Å². The normalized spacial score (nSPS) is 13.0. The van der Waals surface area contributed by atoms with Gasteiger partial charge in [0.05, 0.1) is 17.9 Å². The Kier molecular flexibility index (Phi) is 6.20.